The summed E-state index contributed by atoms with van der Waals surface area (Å²) in [5.41, 5.74) is 1.24. The molecule has 1 N–H and O–H groups in total. The molecule has 0 spiro atoms. The molecule has 3 rings (SSSR count). The monoisotopic (exact) mass is 347 g/mol. The first-order chi connectivity index (χ1) is 12.7. The van der Waals surface area contributed by atoms with Crippen molar-refractivity contribution >= 4 is 28.2 Å². The molecule has 0 unspecified atom stereocenters. The number of nitrogens with one attached hydrogen (secondary N) is 1. The van der Waals surface area contributed by atoms with Gasteiger partial charge in [-0.3, -0.25) is 9.59 Å². The second-order valence-electron chi connectivity index (χ2n) is 6.06. The zero-order chi connectivity index (χ0) is 18.4. The van der Waals surface area contributed by atoms with Crippen molar-refractivity contribution in [3.05, 3.63) is 72.3 Å². The molecule has 0 bridgehead atoms. The van der Waals surface area contributed by atoms with Gasteiger partial charge in [-0.15, -0.1) is 0 Å². The third-order valence-corrected chi connectivity index (χ3v) is 4.08. The number of amides is 1. The fourth-order valence-electron chi connectivity index (χ4n) is 2.74. The first-order valence-electron chi connectivity index (χ1n) is 8.71. The zero-order valence-electron chi connectivity index (χ0n) is 14.7. The lowest BCUT2D eigenvalue weighted by Crippen LogP contribution is -2.13. The van der Waals surface area contributed by atoms with Crippen molar-refractivity contribution in [1.82, 2.24) is 0 Å². The fraction of sp³-hybridized carbons (Fsp3) is 0.182. The molecular formula is C22H21NO3. The normalized spacial score (nSPS) is 10.5. The Balaban J connectivity index is 1.64. The summed E-state index contributed by atoms with van der Waals surface area (Å²) < 4.78 is 5.74. The average Bonchev–Trinajstić information content (AvgIpc) is 2.67. The minimum absolute atomic E-state index is 0.0223. The highest BCUT2D eigenvalue weighted by molar-refractivity contribution is 5.98. The van der Waals surface area contributed by atoms with Crippen LogP contribution in [0.1, 0.15) is 30.1 Å². The molecule has 0 atom stereocenters. The summed E-state index contributed by atoms with van der Waals surface area (Å²) in [6.45, 7) is 1.92. The molecule has 3 aromatic carbocycles. The Morgan fingerprint density at radius 1 is 0.923 bits per heavy atom. The molecule has 0 aliphatic rings. The molecule has 0 aliphatic carbocycles. The van der Waals surface area contributed by atoms with E-state index in [-0.39, 0.29) is 18.3 Å². The Kier molecular flexibility index (Phi) is 5.64. The smallest absolute Gasteiger partial charge is 0.224 e. The number of ether oxygens (including phenoxy) is 1. The highest BCUT2D eigenvalue weighted by Gasteiger charge is 2.09. The number of ketones is 1. The predicted octanol–water partition coefficient (Wildman–Crippen LogP) is 4.84. The van der Waals surface area contributed by atoms with Crippen LogP contribution in [0.5, 0.6) is 5.75 Å². The number of carbonyl (C=O) groups is 2. The van der Waals surface area contributed by atoms with E-state index in [2.05, 4.69) is 5.32 Å². The van der Waals surface area contributed by atoms with E-state index in [0.717, 1.165) is 17.2 Å². The molecule has 0 aromatic heterocycles. The number of fused-ring (bicyclic) bond motifs is 1. The van der Waals surface area contributed by atoms with Gasteiger partial charge in [-0.05, 0) is 42.1 Å². The third kappa shape index (κ3) is 4.28. The number of anilines is 1. The van der Waals surface area contributed by atoms with Gasteiger partial charge in [-0.25, -0.2) is 0 Å². The first-order valence-corrected chi connectivity index (χ1v) is 8.71. The van der Waals surface area contributed by atoms with Crippen molar-refractivity contribution in [1.29, 1.82) is 0 Å². The zero-order valence-corrected chi connectivity index (χ0v) is 14.7. The van der Waals surface area contributed by atoms with Gasteiger partial charge >= 0.3 is 0 Å². The summed E-state index contributed by atoms with van der Waals surface area (Å²) in [4.78, 5) is 24.0. The van der Waals surface area contributed by atoms with Crippen molar-refractivity contribution in [2.75, 3.05) is 11.9 Å². The van der Waals surface area contributed by atoms with Crippen LogP contribution in [0.15, 0.2) is 66.7 Å². The van der Waals surface area contributed by atoms with E-state index in [9.17, 15) is 9.59 Å². The second-order valence-corrected chi connectivity index (χ2v) is 6.06. The van der Waals surface area contributed by atoms with Crippen LogP contribution in [0.25, 0.3) is 10.8 Å². The molecule has 0 fully saturated rings. The van der Waals surface area contributed by atoms with Gasteiger partial charge in [0, 0.05) is 23.1 Å². The van der Waals surface area contributed by atoms with Crippen molar-refractivity contribution in [3.8, 4) is 5.75 Å². The minimum atomic E-state index is -0.107. The van der Waals surface area contributed by atoms with Gasteiger partial charge in [0.2, 0.25) is 5.91 Å². The molecule has 1 amide bonds. The first kappa shape index (κ1) is 17.7. The molecule has 0 aliphatic heterocycles. The van der Waals surface area contributed by atoms with Crippen molar-refractivity contribution in [2.45, 2.75) is 19.8 Å². The predicted molar refractivity (Wildman–Crippen MR) is 104 cm³/mol. The molecular weight excluding hydrogens is 326 g/mol. The number of carbonyl (C=O) groups excluding carboxylic acids is 2. The van der Waals surface area contributed by atoms with Gasteiger partial charge in [0.25, 0.3) is 0 Å². The third-order valence-electron chi connectivity index (χ3n) is 4.08. The van der Waals surface area contributed by atoms with Crippen LogP contribution in [0.3, 0.4) is 0 Å². The van der Waals surface area contributed by atoms with E-state index in [4.69, 9.17) is 4.74 Å². The van der Waals surface area contributed by atoms with E-state index < -0.39 is 0 Å². The molecule has 26 heavy (non-hydrogen) atoms. The van der Waals surface area contributed by atoms with E-state index in [1.54, 1.807) is 24.3 Å². The lowest BCUT2D eigenvalue weighted by molar-refractivity contribution is -0.116. The maximum Gasteiger partial charge on any atom is 0.224 e. The highest BCUT2D eigenvalue weighted by Crippen LogP contribution is 2.25. The number of benzene rings is 3. The van der Waals surface area contributed by atoms with Gasteiger partial charge < -0.3 is 10.1 Å². The van der Waals surface area contributed by atoms with Crippen LogP contribution in [0.2, 0.25) is 0 Å². The SMILES string of the molecule is CCCC(=O)Nc1ccc(C(=O)COc2cccc3ccccc23)cc1. The highest BCUT2D eigenvalue weighted by atomic mass is 16.5. The Morgan fingerprint density at radius 2 is 1.65 bits per heavy atom. The lowest BCUT2D eigenvalue weighted by atomic mass is 10.1. The van der Waals surface area contributed by atoms with E-state index in [1.165, 1.54) is 0 Å². The standard InChI is InChI=1S/C22H21NO3/c1-2-6-22(25)23-18-13-11-17(12-14-18)20(24)15-26-21-10-5-8-16-7-3-4-9-19(16)21/h3-5,7-14H,2,6,15H2,1H3,(H,23,25). The quantitative estimate of drug-likeness (QED) is 0.622. The summed E-state index contributed by atoms with van der Waals surface area (Å²) in [5.74, 6) is 0.565. The van der Waals surface area contributed by atoms with Crippen LogP contribution in [0.4, 0.5) is 5.69 Å². The Bertz CT molecular complexity index is 911. The van der Waals surface area contributed by atoms with E-state index in [0.29, 0.717) is 23.4 Å². The van der Waals surface area contributed by atoms with Crippen molar-refractivity contribution in [3.63, 3.8) is 0 Å². The summed E-state index contributed by atoms with van der Waals surface area (Å²) in [6.07, 6.45) is 1.29. The average molecular weight is 347 g/mol. The summed E-state index contributed by atoms with van der Waals surface area (Å²) in [6, 6.07) is 20.6. The summed E-state index contributed by atoms with van der Waals surface area (Å²) in [7, 11) is 0. The number of hydrogen-bond acceptors (Lipinski definition) is 3. The van der Waals surface area contributed by atoms with Crippen LogP contribution in [-0.4, -0.2) is 18.3 Å². The lowest BCUT2D eigenvalue weighted by Gasteiger charge is -2.09. The molecule has 3 aromatic rings. The second kappa shape index (κ2) is 8.30. The molecule has 132 valence electrons. The fourth-order valence-corrected chi connectivity index (χ4v) is 2.74. The molecule has 0 radical (unpaired) electrons. The Morgan fingerprint density at radius 3 is 2.42 bits per heavy atom. The largest absolute Gasteiger partial charge is 0.485 e. The van der Waals surface area contributed by atoms with E-state index in [1.807, 2.05) is 49.4 Å². The maximum atomic E-state index is 12.4. The Labute approximate surface area is 152 Å². The van der Waals surface area contributed by atoms with Crippen molar-refractivity contribution < 1.29 is 14.3 Å². The summed E-state index contributed by atoms with van der Waals surface area (Å²) >= 11 is 0. The maximum absolute atomic E-state index is 12.4. The molecule has 4 heteroatoms. The number of hydrogen-bond donors (Lipinski definition) is 1. The topological polar surface area (TPSA) is 55.4 Å². The minimum Gasteiger partial charge on any atom is -0.485 e. The molecule has 0 saturated heterocycles. The van der Waals surface area contributed by atoms with Crippen LogP contribution >= 0.6 is 0 Å². The van der Waals surface area contributed by atoms with Crippen LogP contribution in [-0.2, 0) is 4.79 Å². The molecule has 4 nitrogen and oxygen atoms in total. The van der Waals surface area contributed by atoms with Crippen LogP contribution in [0, 0.1) is 0 Å². The van der Waals surface area contributed by atoms with Gasteiger partial charge in [0.05, 0.1) is 0 Å². The van der Waals surface area contributed by atoms with E-state index >= 15 is 0 Å². The summed E-state index contributed by atoms with van der Waals surface area (Å²) in [5, 5.41) is 4.86. The van der Waals surface area contributed by atoms with Crippen molar-refractivity contribution in [2.24, 2.45) is 0 Å². The van der Waals surface area contributed by atoms with Gasteiger partial charge in [-0.2, -0.15) is 0 Å². The molecule has 0 saturated carbocycles. The van der Waals surface area contributed by atoms with Gasteiger partial charge in [0.1, 0.15) is 5.75 Å². The molecule has 0 heterocycles. The van der Waals surface area contributed by atoms with Gasteiger partial charge in [0.15, 0.2) is 12.4 Å². The van der Waals surface area contributed by atoms with Gasteiger partial charge in [-0.1, -0.05) is 43.3 Å². The number of Topliss-reactive ketones (excluding diaryl/α,β-unsaturated/α-hetero) is 1. The Hall–Kier alpha value is -3.14. The number of rotatable bonds is 7. The van der Waals surface area contributed by atoms with Crippen LogP contribution < -0.4 is 10.1 Å².